The second kappa shape index (κ2) is 13.7. The summed E-state index contributed by atoms with van der Waals surface area (Å²) in [5.41, 5.74) is 0. The zero-order chi connectivity index (χ0) is 18.3. The Labute approximate surface area is 146 Å². The molecule has 0 aliphatic carbocycles. The van der Waals surface area contributed by atoms with Crippen molar-refractivity contribution < 1.29 is 43.2 Å². The summed E-state index contributed by atoms with van der Waals surface area (Å²) in [5.74, 6) is -3.19. The van der Waals surface area contributed by atoms with Crippen molar-refractivity contribution in [3.8, 4) is 0 Å². The third-order valence-corrected chi connectivity index (χ3v) is 3.33. The predicted octanol–water partition coefficient (Wildman–Crippen LogP) is 0.540. The monoisotopic (exact) mass is 362 g/mol. The van der Waals surface area contributed by atoms with E-state index in [0.717, 1.165) is 25.9 Å². The van der Waals surface area contributed by atoms with Crippen LogP contribution in [0.4, 0.5) is 0 Å². The van der Waals surface area contributed by atoms with Gasteiger partial charge in [0.1, 0.15) is 6.61 Å². The maximum absolute atomic E-state index is 11.2. The molecule has 1 atom stereocenters. The number of hydrogen-bond donors (Lipinski definition) is 1. The normalized spacial score (nSPS) is 17.2. The van der Waals surface area contributed by atoms with Crippen molar-refractivity contribution in [1.82, 2.24) is 0 Å². The molecule has 0 aromatic heterocycles. The molecular formula is C16H26O9. The van der Waals surface area contributed by atoms with Gasteiger partial charge in [-0.25, -0.2) is 4.79 Å². The number of hydrogen-bond acceptors (Lipinski definition) is 8. The molecule has 0 radical (unpaired) electrons. The molecule has 1 aliphatic heterocycles. The van der Waals surface area contributed by atoms with Gasteiger partial charge in [0.05, 0.1) is 39.5 Å². The number of rotatable bonds is 14. The summed E-state index contributed by atoms with van der Waals surface area (Å²) in [5, 5.41) is 8.36. The van der Waals surface area contributed by atoms with Crippen molar-refractivity contribution in [2.45, 2.75) is 38.4 Å². The van der Waals surface area contributed by atoms with Crippen molar-refractivity contribution in [2.24, 2.45) is 0 Å². The van der Waals surface area contributed by atoms with Gasteiger partial charge in [0, 0.05) is 13.0 Å². The average Bonchev–Trinajstić information content (AvgIpc) is 2.62. The van der Waals surface area contributed by atoms with Gasteiger partial charge in [0.25, 0.3) is 0 Å². The number of aliphatic carboxylic acids is 1. The lowest BCUT2D eigenvalue weighted by molar-refractivity contribution is -0.169. The van der Waals surface area contributed by atoms with E-state index >= 15 is 0 Å². The van der Waals surface area contributed by atoms with Crippen LogP contribution in [0.2, 0.25) is 0 Å². The number of esters is 1. The molecule has 1 N–H and O–H groups in total. The van der Waals surface area contributed by atoms with E-state index in [1.54, 1.807) is 0 Å². The van der Waals surface area contributed by atoms with E-state index in [9.17, 15) is 14.4 Å². The van der Waals surface area contributed by atoms with Crippen LogP contribution in [-0.4, -0.2) is 75.4 Å². The van der Waals surface area contributed by atoms with Crippen LogP contribution < -0.4 is 0 Å². The van der Waals surface area contributed by atoms with Gasteiger partial charge >= 0.3 is 11.9 Å². The molecule has 1 fully saturated rings. The fourth-order valence-corrected chi connectivity index (χ4v) is 2.01. The predicted molar refractivity (Wildman–Crippen MR) is 84.0 cm³/mol. The molecule has 0 saturated carbocycles. The highest BCUT2D eigenvalue weighted by Gasteiger charge is 2.14. The summed E-state index contributed by atoms with van der Waals surface area (Å²) in [4.78, 5) is 32.3. The number of carboxylic acid groups (broad SMARTS) is 1. The first kappa shape index (κ1) is 21.5. The summed E-state index contributed by atoms with van der Waals surface area (Å²) in [6.45, 7) is 2.68. The van der Waals surface area contributed by atoms with Crippen LogP contribution in [0.15, 0.2) is 0 Å². The van der Waals surface area contributed by atoms with Crippen molar-refractivity contribution in [1.29, 1.82) is 0 Å². The van der Waals surface area contributed by atoms with Crippen molar-refractivity contribution in [3.63, 3.8) is 0 Å². The Kier molecular flexibility index (Phi) is 11.8. The quantitative estimate of drug-likeness (QED) is 0.268. The summed E-state index contributed by atoms with van der Waals surface area (Å²) >= 11 is 0. The highest BCUT2D eigenvalue weighted by Crippen LogP contribution is 2.13. The second-order valence-corrected chi connectivity index (χ2v) is 5.34. The highest BCUT2D eigenvalue weighted by atomic mass is 16.7. The van der Waals surface area contributed by atoms with Gasteiger partial charge in [-0.2, -0.15) is 0 Å². The first-order valence-corrected chi connectivity index (χ1v) is 8.40. The van der Waals surface area contributed by atoms with E-state index in [1.807, 2.05) is 0 Å². The van der Waals surface area contributed by atoms with E-state index in [1.165, 1.54) is 0 Å². The number of carbonyl (C=O) groups is 3. The van der Waals surface area contributed by atoms with Crippen molar-refractivity contribution in [3.05, 3.63) is 0 Å². The molecule has 0 amide bonds. The van der Waals surface area contributed by atoms with E-state index in [4.69, 9.17) is 28.8 Å². The second-order valence-electron chi connectivity index (χ2n) is 5.34. The molecule has 0 aromatic rings. The zero-order valence-corrected chi connectivity index (χ0v) is 14.3. The van der Waals surface area contributed by atoms with Crippen molar-refractivity contribution >= 4 is 17.7 Å². The smallest absolute Gasteiger partial charge is 0.372 e. The van der Waals surface area contributed by atoms with Crippen molar-refractivity contribution in [2.75, 3.05) is 46.2 Å². The lowest BCUT2D eigenvalue weighted by Crippen LogP contribution is -2.24. The van der Waals surface area contributed by atoms with E-state index in [0.29, 0.717) is 26.4 Å². The minimum absolute atomic E-state index is 0.0439. The van der Waals surface area contributed by atoms with E-state index < -0.39 is 17.7 Å². The fourth-order valence-electron chi connectivity index (χ4n) is 2.01. The molecule has 9 heteroatoms. The zero-order valence-electron chi connectivity index (χ0n) is 14.3. The molecule has 1 aliphatic rings. The van der Waals surface area contributed by atoms with Gasteiger partial charge in [-0.05, 0) is 19.3 Å². The van der Waals surface area contributed by atoms with Gasteiger partial charge in [-0.1, -0.05) is 0 Å². The minimum Gasteiger partial charge on any atom is -0.476 e. The van der Waals surface area contributed by atoms with E-state index in [-0.39, 0.29) is 32.3 Å². The van der Waals surface area contributed by atoms with Crippen LogP contribution in [-0.2, 0) is 38.1 Å². The minimum atomic E-state index is -1.55. The molecule has 1 unspecified atom stereocenters. The Bertz CT molecular complexity index is 404. The Morgan fingerprint density at radius 3 is 2.24 bits per heavy atom. The Balaban J connectivity index is 1.81. The van der Waals surface area contributed by atoms with Crippen LogP contribution >= 0.6 is 0 Å². The number of Topliss-reactive ketones (excluding diaryl/α,β-unsaturated/α-hetero) is 1. The number of carbonyl (C=O) groups excluding carboxylic acids is 2. The van der Waals surface area contributed by atoms with Crippen LogP contribution in [0.3, 0.4) is 0 Å². The lowest BCUT2D eigenvalue weighted by Gasteiger charge is -2.22. The van der Waals surface area contributed by atoms with Crippen LogP contribution in [0.1, 0.15) is 32.1 Å². The molecule has 9 nitrogen and oxygen atoms in total. The standard InChI is InChI=1S/C16H26O9/c17-13(16(19)20)4-5-14(18)23-11-9-21-7-8-22-10-12-25-15-3-1-2-6-24-15/h15H,1-12H2,(H,19,20). The molecular weight excluding hydrogens is 336 g/mol. The first-order chi connectivity index (χ1) is 12.1. The molecule has 0 bridgehead atoms. The number of ether oxygens (including phenoxy) is 5. The molecule has 1 heterocycles. The molecule has 144 valence electrons. The van der Waals surface area contributed by atoms with Crippen LogP contribution in [0.25, 0.3) is 0 Å². The maximum Gasteiger partial charge on any atom is 0.372 e. The highest BCUT2D eigenvalue weighted by molar-refractivity contribution is 6.32. The molecule has 1 rings (SSSR count). The Hall–Kier alpha value is -1.55. The largest absolute Gasteiger partial charge is 0.476 e. The SMILES string of the molecule is O=C(CCC(=O)C(=O)O)OCCOCCOCCOC1CCCCO1. The Morgan fingerprint density at radius 1 is 0.920 bits per heavy atom. The molecule has 0 aromatic carbocycles. The number of carboxylic acids is 1. The van der Waals surface area contributed by atoms with Crippen LogP contribution in [0.5, 0.6) is 0 Å². The first-order valence-electron chi connectivity index (χ1n) is 8.40. The maximum atomic E-state index is 11.2. The summed E-state index contributed by atoms with van der Waals surface area (Å²) in [6.07, 6.45) is 2.40. The Morgan fingerprint density at radius 2 is 1.60 bits per heavy atom. The number of ketones is 1. The topological polar surface area (TPSA) is 118 Å². The van der Waals surface area contributed by atoms with Gasteiger partial charge in [-0.3, -0.25) is 9.59 Å². The molecule has 1 saturated heterocycles. The summed E-state index contributed by atoms with van der Waals surface area (Å²) < 4.78 is 26.3. The van der Waals surface area contributed by atoms with Crippen LogP contribution in [0, 0.1) is 0 Å². The van der Waals surface area contributed by atoms with E-state index in [2.05, 4.69) is 0 Å². The molecule has 0 spiro atoms. The average molecular weight is 362 g/mol. The summed E-state index contributed by atoms with van der Waals surface area (Å²) in [6, 6.07) is 0. The fraction of sp³-hybridized carbons (Fsp3) is 0.812. The lowest BCUT2D eigenvalue weighted by atomic mass is 10.2. The van der Waals surface area contributed by atoms with Gasteiger partial charge in [-0.15, -0.1) is 0 Å². The third kappa shape index (κ3) is 11.6. The van der Waals surface area contributed by atoms with Gasteiger partial charge in [0.15, 0.2) is 6.29 Å². The van der Waals surface area contributed by atoms with Gasteiger partial charge in [0.2, 0.25) is 5.78 Å². The molecule has 25 heavy (non-hydrogen) atoms. The summed E-state index contributed by atoms with van der Waals surface area (Å²) in [7, 11) is 0. The van der Waals surface area contributed by atoms with Gasteiger partial charge < -0.3 is 28.8 Å². The third-order valence-electron chi connectivity index (χ3n) is 3.33.